The molecule has 27 heavy (non-hydrogen) atoms. The van der Waals surface area contributed by atoms with Gasteiger partial charge in [0.2, 0.25) is 11.8 Å². The Morgan fingerprint density at radius 3 is 2.41 bits per heavy atom. The molecule has 1 saturated heterocycles. The number of carbonyl (C=O) groups excluding carboxylic acids is 3. The second-order valence-electron chi connectivity index (χ2n) is 6.69. The predicted octanol–water partition coefficient (Wildman–Crippen LogP) is 1.04. The lowest BCUT2D eigenvalue weighted by Gasteiger charge is -2.35. The summed E-state index contributed by atoms with van der Waals surface area (Å²) in [7, 11) is 1.31. The summed E-state index contributed by atoms with van der Waals surface area (Å²) < 4.78 is 4.55. The summed E-state index contributed by atoms with van der Waals surface area (Å²) in [6.45, 7) is 3.90. The van der Waals surface area contributed by atoms with Gasteiger partial charge in [0.25, 0.3) is 0 Å². The quantitative estimate of drug-likeness (QED) is 0.791. The van der Waals surface area contributed by atoms with E-state index in [1.165, 1.54) is 7.11 Å². The van der Waals surface area contributed by atoms with Gasteiger partial charge >= 0.3 is 5.97 Å². The summed E-state index contributed by atoms with van der Waals surface area (Å²) in [6, 6.07) is 5.80. The van der Waals surface area contributed by atoms with Crippen LogP contribution in [-0.4, -0.2) is 70.8 Å². The third kappa shape index (κ3) is 4.64. The van der Waals surface area contributed by atoms with Gasteiger partial charge in [0.1, 0.15) is 5.82 Å². The Kier molecular flexibility index (Phi) is 5.73. The van der Waals surface area contributed by atoms with Gasteiger partial charge in [-0.25, -0.2) is 4.98 Å². The molecule has 0 aliphatic carbocycles. The van der Waals surface area contributed by atoms with Crippen molar-refractivity contribution in [3.63, 3.8) is 0 Å². The van der Waals surface area contributed by atoms with Crippen LogP contribution in [0.15, 0.2) is 18.2 Å². The van der Waals surface area contributed by atoms with Crippen LogP contribution in [0.1, 0.15) is 24.2 Å². The molecule has 8 heteroatoms. The lowest BCUT2D eigenvalue weighted by molar-refractivity contribution is -0.144. The molecule has 1 aromatic carbocycles. The minimum Gasteiger partial charge on any atom is -0.469 e. The van der Waals surface area contributed by atoms with E-state index in [0.717, 1.165) is 22.4 Å². The van der Waals surface area contributed by atoms with E-state index in [0.29, 0.717) is 32.6 Å². The topological polar surface area (TPSA) is 95.6 Å². The number of H-pyrrole nitrogens is 1. The highest BCUT2D eigenvalue weighted by molar-refractivity contribution is 5.83. The highest BCUT2D eigenvalue weighted by Crippen LogP contribution is 2.15. The van der Waals surface area contributed by atoms with Crippen molar-refractivity contribution >= 4 is 28.8 Å². The number of aryl methyl sites for hydroxylation is 1. The SMILES string of the molecule is COC(=O)CCC(=O)N1CCN(C(=O)Cc2ccc3nc(C)[nH]c3c2)CC1. The van der Waals surface area contributed by atoms with Crippen LogP contribution in [0.3, 0.4) is 0 Å². The number of rotatable bonds is 5. The van der Waals surface area contributed by atoms with E-state index in [1.54, 1.807) is 9.80 Å². The molecular formula is C19H24N4O4. The predicted molar refractivity (Wildman–Crippen MR) is 98.9 cm³/mol. The third-order valence-corrected chi connectivity index (χ3v) is 4.78. The van der Waals surface area contributed by atoms with Gasteiger partial charge in [-0.15, -0.1) is 0 Å². The molecule has 0 unspecified atom stereocenters. The second-order valence-corrected chi connectivity index (χ2v) is 6.69. The number of piperazine rings is 1. The van der Waals surface area contributed by atoms with Gasteiger partial charge in [-0.3, -0.25) is 14.4 Å². The average molecular weight is 372 g/mol. The van der Waals surface area contributed by atoms with Gasteiger partial charge < -0.3 is 19.5 Å². The Morgan fingerprint density at radius 1 is 1.07 bits per heavy atom. The highest BCUT2D eigenvalue weighted by atomic mass is 16.5. The Bertz CT molecular complexity index is 853. The number of methoxy groups -OCH3 is 1. The van der Waals surface area contributed by atoms with E-state index in [9.17, 15) is 14.4 Å². The molecule has 0 saturated carbocycles. The molecule has 3 rings (SSSR count). The van der Waals surface area contributed by atoms with Gasteiger partial charge in [0.15, 0.2) is 0 Å². The van der Waals surface area contributed by atoms with Crippen molar-refractivity contribution < 1.29 is 19.1 Å². The van der Waals surface area contributed by atoms with Crippen molar-refractivity contribution in [1.29, 1.82) is 0 Å². The molecule has 1 aromatic heterocycles. The molecule has 1 N–H and O–H groups in total. The zero-order valence-electron chi connectivity index (χ0n) is 15.7. The Morgan fingerprint density at radius 2 is 1.74 bits per heavy atom. The summed E-state index contributed by atoms with van der Waals surface area (Å²) in [6.07, 6.45) is 0.554. The van der Waals surface area contributed by atoms with E-state index >= 15 is 0 Å². The molecule has 2 heterocycles. The summed E-state index contributed by atoms with van der Waals surface area (Å²) in [5, 5.41) is 0. The van der Waals surface area contributed by atoms with Crippen LogP contribution >= 0.6 is 0 Å². The van der Waals surface area contributed by atoms with Crippen molar-refractivity contribution in [3.8, 4) is 0 Å². The van der Waals surface area contributed by atoms with E-state index < -0.39 is 0 Å². The van der Waals surface area contributed by atoms with E-state index in [2.05, 4.69) is 14.7 Å². The molecule has 0 spiro atoms. The number of aromatic nitrogens is 2. The largest absolute Gasteiger partial charge is 0.469 e. The number of hydrogen-bond acceptors (Lipinski definition) is 5. The van der Waals surface area contributed by atoms with E-state index in [-0.39, 0.29) is 30.6 Å². The molecule has 1 aliphatic heterocycles. The van der Waals surface area contributed by atoms with E-state index in [4.69, 9.17) is 0 Å². The maximum absolute atomic E-state index is 12.6. The van der Waals surface area contributed by atoms with Gasteiger partial charge in [0, 0.05) is 32.6 Å². The van der Waals surface area contributed by atoms with Gasteiger partial charge in [-0.1, -0.05) is 6.07 Å². The van der Waals surface area contributed by atoms with Gasteiger partial charge in [0.05, 0.1) is 31.0 Å². The average Bonchev–Trinajstić information content (AvgIpc) is 3.05. The number of nitrogens with one attached hydrogen (secondary N) is 1. The Labute approximate surface area is 157 Å². The van der Waals surface area contributed by atoms with Crippen molar-refractivity contribution in [2.75, 3.05) is 33.3 Å². The highest BCUT2D eigenvalue weighted by Gasteiger charge is 2.24. The molecule has 8 nitrogen and oxygen atoms in total. The molecule has 1 fully saturated rings. The number of carbonyl (C=O) groups is 3. The number of benzene rings is 1. The number of esters is 1. The first-order valence-corrected chi connectivity index (χ1v) is 9.04. The van der Waals surface area contributed by atoms with Crippen LogP contribution < -0.4 is 0 Å². The number of amides is 2. The zero-order chi connectivity index (χ0) is 19.4. The minimum absolute atomic E-state index is 0.0484. The summed E-state index contributed by atoms with van der Waals surface area (Å²) >= 11 is 0. The van der Waals surface area contributed by atoms with Gasteiger partial charge in [-0.2, -0.15) is 0 Å². The fourth-order valence-corrected chi connectivity index (χ4v) is 3.26. The van der Waals surface area contributed by atoms with Crippen molar-refractivity contribution in [3.05, 3.63) is 29.6 Å². The monoisotopic (exact) mass is 372 g/mol. The van der Waals surface area contributed by atoms with Crippen molar-refractivity contribution in [1.82, 2.24) is 19.8 Å². The van der Waals surface area contributed by atoms with Crippen LogP contribution in [-0.2, 0) is 25.5 Å². The molecular weight excluding hydrogens is 348 g/mol. The first-order valence-electron chi connectivity index (χ1n) is 9.04. The molecule has 144 valence electrons. The second kappa shape index (κ2) is 8.20. The van der Waals surface area contributed by atoms with Crippen molar-refractivity contribution in [2.45, 2.75) is 26.2 Å². The van der Waals surface area contributed by atoms with Crippen LogP contribution in [0.2, 0.25) is 0 Å². The zero-order valence-corrected chi connectivity index (χ0v) is 15.7. The molecule has 0 atom stereocenters. The maximum atomic E-state index is 12.6. The molecule has 0 bridgehead atoms. The summed E-state index contributed by atoms with van der Waals surface area (Å²) in [5.41, 5.74) is 2.76. The summed E-state index contributed by atoms with van der Waals surface area (Å²) in [5.74, 6) is 0.433. The molecule has 0 radical (unpaired) electrons. The first-order chi connectivity index (χ1) is 13.0. The molecule has 1 aliphatic rings. The fraction of sp³-hybridized carbons (Fsp3) is 0.474. The smallest absolute Gasteiger partial charge is 0.306 e. The molecule has 2 aromatic rings. The number of hydrogen-bond donors (Lipinski definition) is 1. The maximum Gasteiger partial charge on any atom is 0.306 e. The Hall–Kier alpha value is -2.90. The normalized spacial score (nSPS) is 14.4. The number of aromatic amines is 1. The lowest BCUT2D eigenvalue weighted by Crippen LogP contribution is -2.51. The lowest BCUT2D eigenvalue weighted by atomic mass is 10.1. The van der Waals surface area contributed by atoms with Gasteiger partial charge in [-0.05, 0) is 24.6 Å². The number of fused-ring (bicyclic) bond motifs is 1. The number of nitrogens with zero attached hydrogens (tertiary/aromatic N) is 3. The Balaban J connectivity index is 1.50. The van der Waals surface area contributed by atoms with Crippen LogP contribution in [0.4, 0.5) is 0 Å². The van der Waals surface area contributed by atoms with Crippen LogP contribution in [0.25, 0.3) is 11.0 Å². The summed E-state index contributed by atoms with van der Waals surface area (Å²) in [4.78, 5) is 46.9. The number of imidazole rings is 1. The molecule has 2 amide bonds. The van der Waals surface area contributed by atoms with Crippen LogP contribution in [0, 0.1) is 6.92 Å². The van der Waals surface area contributed by atoms with Crippen molar-refractivity contribution in [2.24, 2.45) is 0 Å². The van der Waals surface area contributed by atoms with E-state index in [1.807, 2.05) is 25.1 Å². The fourth-order valence-electron chi connectivity index (χ4n) is 3.26. The first kappa shape index (κ1) is 18.9. The minimum atomic E-state index is -0.387. The van der Waals surface area contributed by atoms with Crippen LogP contribution in [0.5, 0.6) is 0 Å². The third-order valence-electron chi connectivity index (χ3n) is 4.78. The number of ether oxygens (including phenoxy) is 1. The standard InChI is InChI=1S/C19H24N4O4/c1-13-20-15-4-3-14(11-16(15)21-13)12-18(25)23-9-7-22(8-10-23)17(24)5-6-19(26)27-2/h3-4,11H,5-10,12H2,1-2H3,(H,20,21).